The average molecular weight is 526 g/mol. The van der Waals surface area contributed by atoms with Crippen LogP contribution in [0.4, 0.5) is 13.2 Å². The van der Waals surface area contributed by atoms with Crippen molar-refractivity contribution in [3.8, 4) is 28.4 Å². The summed E-state index contributed by atoms with van der Waals surface area (Å²) in [5.41, 5.74) is -2.20. The molecule has 5 rings (SSSR count). The minimum atomic E-state index is -5.04. The van der Waals surface area contributed by atoms with Crippen LogP contribution in [-0.4, -0.2) is 71.0 Å². The lowest BCUT2D eigenvalue weighted by atomic mass is 9.99. The molecule has 2 aromatic carbocycles. The third-order valence-corrected chi connectivity index (χ3v) is 6.05. The van der Waals surface area contributed by atoms with Crippen molar-refractivity contribution in [1.82, 2.24) is 0 Å². The predicted molar refractivity (Wildman–Crippen MR) is 118 cm³/mol. The number of alkyl halides is 3. The molecule has 5 atom stereocenters. The summed E-state index contributed by atoms with van der Waals surface area (Å²) in [6, 6.07) is 7.41. The summed E-state index contributed by atoms with van der Waals surface area (Å²) in [4.78, 5) is 13.3. The zero-order valence-electron chi connectivity index (χ0n) is 18.8. The summed E-state index contributed by atoms with van der Waals surface area (Å²) in [5, 5.41) is 39.1. The van der Waals surface area contributed by atoms with Crippen molar-refractivity contribution >= 4 is 11.0 Å². The van der Waals surface area contributed by atoms with E-state index in [-0.39, 0.29) is 35.7 Å². The molecule has 10 nitrogen and oxygen atoms in total. The molecule has 0 radical (unpaired) electrons. The van der Waals surface area contributed by atoms with Gasteiger partial charge in [-0.3, -0.25) is 4.79 Å². The molecule has 3 aromatic rings. The minimum Gasteiger partial charge on any atom is -0.486 e. The number of fused-ring (bicyclic) bond motifs is 2. The van der Waals surface area contributed by atoms with Crippen LogP contribution >= 0.6 is 0 Å². The Balaban J connectivity index is 1.56. The van der Waals surface area contributed by atoms with E-state index in [4.69, 9.17) is 23.4 Å². The van der Waals surface area contributed by atoms with Gasteiger partial charge in [-0.25, -0.2) is 0 Å². The van der Waals surface area contributed by atoms with E-state index in [2.05, 4.69) is 0 Å². The molecular weight excluding hydrogens is 505 g/mol. The molecule has 0 amide bonds. The predicted octanol–water partition coefficient (Wildman–Crippen LogP) is 1.43. The van der Waals surface area contributed by atoms with Gasteiger partial charge in [0.25, 0.3) is 0 Å². The Labute approximate surface area is 206 Å². The average Bonchev–Trinajstić information content (AvgIpc) is 2.88. The van der Waals surface area contributed by atoms with E-state index in [0.29, 0.717) is 5.75 Å². The molecule has 2 aliphatic rings. The van der Waals surface area contributed by atoms with Gasteiger partial charge in [0, 0.05) is 6.07 Å². The molecule has 0 aliphatic carbocycles. The molecule has 198 valence electrons. The van der Waals surface area contributed by atoms with Crippen molar-refractivity contribution < 1.29 is 57.0 Å². The highest BCUT2D eigenvalue weighted by atomic mass is 19.4. The number of benzene rings is 2. The Morgan fingerprint density at radius 2 is 1.68 bits per heavy atom. The third-order valence-electron chi connectivity index (χ3n) is 6.05. The number of halogens is 3. The van der Waals surface area contributed by atoms with Crippen LogP contribution in [0, 0.1) is 0 Å². The fourth-order valence-electron chi connectivity index (χ4n) is 4.21. The van der Waals surface area contributed by atoms with E-state index in [1.807, 2.05) is 0 Å². The van der Waals surface area contributed by atoms with Crippen LogP contribution in [0.2, 0.25) is 0 Å². The first-order chi connectivity index (χ1) is 17.6. The Morgan fingerprint density at radius 3 is 2.38 bits per heavy atom. The largest absolute Gasteiger partial charge is 0.486 e. The Kier molecular flexibility index (Phi) is 6.50. The van der Waals surface area contributed by atoms with Gasteiger partial charge in [0.1, 0.15) is 49.0 Å². The molecule has 0 unspecified atom stereocenters. The van der Waals surface area contributed by atoms with Crippen molar-refractivity contribution in [2.75, 3.05) is 19.8 Å². The number of aliphatic hydroxyl groups excluding tert-OH is 4. The topological polar surface area (TPSA) is 148 Å². The van der Waals surface area contributed by atoms with Crippen LogP contribution in [0.5, 0.6) is 17.2 Å². The second-order valence-corrected chi connectivity index (χ2v) is 8.46. The van der Waals surface area contributed by atoms with Crippen LogP contribution in [0.25, 0.3) is 22.1 Å². The first-order valence-electron chi connectivity index (χ1n) is 11.1. The SMILES string of the molecule is O=c1c(-c2ccc3c(c2)OCCO3)c(C(F)(F)F)oc2cc(O[C@H]3O[C@@H](CO)[C@@H](O)[C@@H](O)[C@H]3O)ccc12. The fraction of sp³-hybridized carbons (Fsp3) is 0.375. The van der Waals surface area contributed by atoms with Gasteiger partial charge in [-0.05, 0) is 29.8 Å². The number of aliphatic hydroxyl groups is 4. The molecule has 37 heavy (non-hydrogen) atoms. The van der Waals surface area contributed by atoms with Crippen molar-refractivity contribution in [3.63, 3.8) is 0 Å². The van der Waals surface area contributed by atoms with Crippen LogP contribution in [0.1, 0.15) is 5.76 Å². The van der Waals surface area contributed by atoms with Crippen molar-refractivity contribution in [2.24, 2.45) is 0 Å². The summed E-state index contributed by atoms with van der Waals surface area (Å²) in [6.07, 6.45) is -13.0. The standard InChI is InChI=1S/C24H21F3O10/c25-24(26,27)22-17(10-1-4-13-15(7-10)34-6-5-33-13)18(29)12-3-2-11(8-14(12)36-22)35-23-21(32)20(31)19(30)16(9-28)37-23/h1-4,7-8,16,19-21,23,28,30-32H,5-6,9H2/t16-,19+,20+,21+,23-/m0/s1. The van der Waals surface area contributed by atoms with Crippen molar-refractivity contribution in [3.05, 3.63) is 52.4 Å². The summed E-state index contributed by atoms with van der Waals surface area (Å²) in [5.74, 6) is -1.17. The quantitative estimate of drug-likeness (QED) is 0.394. The molecule has 4 N–H and O–H groups in total. The summed E-state index contributed by atoms with van der Waals surface area (Å²) in [7, 11) is 0. The van der Waals surface area contributed by atoms with Crippen LogP contribution in [0.15, 0.2) is 45.6 Å². The van der Waals surface area contributed by atoms with E-state index in [9.17, 15) is 38.4 Å². The zero-order valence-corrected chi connectivity index (χ0v) is 18.8. The summed E-state index contributed by atoms with van der Waals surface area (Å²) in [6.45, 7) is -0.215. The van der Waals surface area contributed by atoms with E-state index in [1.165, 1.54) is 30.3 Å². The van der Waals surface area contributed by atoms with Crippen molar-refractivity contribution in [1.29, 1.82) is 0 Å². The van der Waals surface area contributed by atoms with Gasteiger partial charge in [0.15, 0.2) is 11.5 Å². The zero-order chi connectivity index (χ0) is 26.5. The van der Waals surface area contributed by atoms with Gasteiger partial charge in [-0.1, -0.05) is 6.07 Å². The molecule has 0 bridgehead atoms. The number of hydrogen-bond acceptors (Lipinski definition) is 10. The second-order valence-electron chi connectivity index (χ2n) is 8.46. The first-order valence-corrected chi connectivity index (χ1v) is 11.1. The Bertz CT molecular complexity index is 1370. The molecule has 3 heterocycles. The molecule has 0 saturated carbocycles. The third kappa shape index (κ3) is 4.60. The van der Waals surface area contributed by atoms with Crippen LogP contribution in [-0.2, 0) is 10.9 Å². The number of hydrogen-bond donors (Lipinski definition) is 4. The highest BCUT2D eigenvalue weighted by molar-refractivity contribution is 5.84. The van der Waals surface area contributed by atoms with Gasteiger partial charge in [0.05, 0.1) is 17.6 Å². The molecule has 0 spiro atoms. The van der Waals surface area contributed by atoms with Crippen LogP contribution < -0.4 is 19.6 Å². The van der Waals surface area contributed by atoms with E-state index in [1.54, 1.807) is 0 Å². The maximum absolute atomic E-state index is 14.0. The lowest BCUT2D eigenvalue weighted by Crippen LogP contribution is -2.60. The van der Waals surface area contributed by atoms with Gasteiger partial charge in [0.2, 0.25) is 17.5 Å². The fourth-order valence-corrected chi connectivity index (χ4v) is 4.21. The normalized spacial score (nSPS) is 25.8. The van der Waals surface area contributed by atoms with Gasteiger partial charge in [-0.2, -0.15) is 13.2 Å². The summed E-state index contributed by atoms with van der Waals surface area (Å²) >= 11 is 0. The maximum Gasteiger partial charge on any atom is 0.450 e. The maximum atomic E-state index is 14.0. The Morgan fingerprint density at radius 1 is 0.946 bits per heavy atom. The first kappa shape index (κ1) is 25.3. The second kappa shape index (κ2) is 9.50. The number of ether oxygens (including phenoxy) is 4. The molecule has 1 saturated heterocycles. The molecule has 1 aromatic heterocycles. The van der Waals surface area contributed by atoms with E-state index in [0.717, 1.165) is 6.07 Å². The lowest BCUT2D eigenvalue weighted by Gasteiger charge is -2.39. The van der Waals surface area contributed by atoms with E-state index >= 15 is 0 Å². The van der Waals surface area contributed by atoms with Crippen LogP contribution in [0.3, 0.4) is 0 Å². The van der Waals surface area contributed by atoms with Gasteiger partial charge < -0.3 is 43.8 Å². The van der Waals surface area contributed by atoms with Gasteiger partial charge >= 0.3 is 6.18 Å². The molecule has 13 heteroatoms. The Hall–Kier alpha value is -3.36. The molecule has 1 fully saturated rings. The molecule has 2 aliphatic heterocycles. The highest BCUT2D eigenvalue weighted by Crippen LogP contribution is 2.41. The highest BCUT2D eigenvalue weighted by Gasteiger charge is 2.45. The van der Waals surface area contributed by atoms with Crippen molar-refractivity contribution in [2.45, 2.75) is 36.9 Å². The van der Waals surface area contributed by atoms with Gasteiger partial charge in [-0.15, -0.1) is 0 Å². The number of rotatable bonds is 4. The lowest BCUT2D eigenvalue weighted by molar-refractivity contribution is -0.277. The molecular formula is C24H21F3O10. The summed E-state index contributed by atoms with van der Waals surface area (Å²) < 4.78 is 68.7. The smallest absolute Gasteiger partial charge is 0.450 e. The minimum absolute atomic E-state index is 0.0751. The monoisotopic (exact) mass is 526 g/mol. The van der Waals surface area contributed by atoms with E-state index < -0.39 is 65.8 Å².